The first-order valence-corrected chi connectivity index (χ1v) is 10.1. The Morgan fingerprint density at radius 3 is 2.66 bits per heavy atom. The third-order valence-corrected chi connectivity index (χ3v) is 4.74. The highest BCUT2D eigenvalue weighted by molar-refractivity contribution is 14.0. The van der Waals surface area contributed by atoms with Crippen molar-refractivity contribution in [1.82, 2.24) is 10.6 Å². The quantitative estimate of drug-likeness (QED) is 0.221. The second-order valence-corrected chi connectivity index (χ2v) is 7.05. The smallest absolute Gasteiger partial charge is 0.291 e. The number of furan rings is 1. The second-order valence-electron chi connectivity index (χ2n) is 7.05. The lowest BCUT2D eigenvalue weighted by Crippen LogP contribution is -2.37. The molecule has 8 heteroatoms. The maximum atomic E-state index is 12.1. The number of halogens is 1. The molecule has 0 fully saturated rings. The Kier molecular flexibility index (Phi) is 10.1. The summed E-state index contributed by atoms with van der Waals surface area (Å²) < 4.78 is 10.6. The average Bonchev–Trinajstić information content (AvgIpc) is 3.32. The summed E-state index contributed by atoms with van der Waals surface area (Å²) in [6.45, 7) is 3.36. The van der Waals surface area contributed by atoms with Crippen molar-refractivity contribution in [3.8, 4) is 5.75 Å². The fraction of sp³-hybridized carbons (Fsp3) is 0.250. The molecule has 0 unspecified atom stereocenters. The third kappa shape index (κ3) is 7.30. The Morgan fingerprint density at radius 1 is 1.09 bits per heavy atom. The summed E-state index contributed by atoms with van der Waals surface area (Å²) >= 11 is 0. The van der Waals surface area contributed by atoms with Gasteiger partial charge in [0.2, 0.25) is 0 Å². The minimum atomic E-state index is -0.279. The van der Waals surface area contributed by atoms with Crippen LogP contribution in [0, 0.1) is 6.92 Å². The molecule has 32 heavy (non-hydrogen) atoms. The summed E-state index contributed by atoms with van der Waals surface area (Å²) in [5.41, 5.74) is 4.08. The molecule has 0 saturated carbocycles. The Bertz CT molecular complexity index is 1040. The highest BCUT2D eigenvalue weighted by Crippen LogP contribution is 2.19. The minimum Gasteiger partial charge on any atom is -0.496 e. The molecular formula is C24H29IN4O3. The topological polar surface area (TPSA) is 87.9 Å². The number of nitrogens with one attached hydrogen (secondary N) is 3. The van der Waals surface area contributed by atoms with E-state index in [9.17, 15) is 4.79 Å². The van der Waals surface area contributed by atoms with Gasteiger partial charge in [-0.1, -0.05) is 29.8 Å². The molecule has 0 atom stereocenters. The molecule has 3 rings (SSSR count). The molecule has 1 aromatic heterocycles. The number of rotatable bonds is 8. The summed E-state index contributed by atoms with van der Waals surface area (Å²) in [5.74, 6) is 1.60. The summed E-state index contributed by atoms with van der Waals surface area (Å²) in [5, 5.41) is 9.46. The molecule has 7 nitrogen and oxygen atoms in total. The van der Waals surface area contributed by atoms with Crippen molar-refractivity contribution in [1.29, 1.82) is 0 Å². The number of aliphatic imine (C=N–C) groups is 1. The molecular weight excluding hydrogens is 519 g/mol. The Morgan fingerprint density at radius 2 is 1.94 bits per heavy atom. The van der Waals surface area contributed by atoms with Crippen LogP contribution in [-0.4, -0.2) is 32.6 Å². The molecule has 0 saturated heterocycles. The van der Waals surface area contributed by atoms with Crippen LogP contribution in [-0.2, 0) is 13.0 Å². The number of benzene rings is 2. The van der Waals surface area contributed by atoms with Gasteiger partial charge in [-0.15, -0.1) is 24.0 Å². The van der Waals surface area contributed by atoms with Crippen molar-refractivity contribution >= 4 is 41.5 Å². The number of methoxy groups -OCH3 is 1. The zero-order valence-corrected chi connectivity index (χ0v) is 20.8. The van der Waals surface area contributed by atoms with E-state index in [4.69, 9.17) is 9.15 Å². The Labute approximate surface area is 205 Å². The zero-order valence-electron chi connectivity index (χ0n) is 18.5. The number of guanidine groups is 1. The monoisotopic (exact) mass is 548 g/mol. The SMILES string of the molecule is CN=C(NCCc1cc(C)ccc1OC)NCc1cccc(NC(=O)c2ccco2)c1.I. The summed E-state index contributed by atoms with van der Waals surface area (Å²) in [4.78, 5) is 16.4. The van der Waals surface area contributed by atoms with E-state index in [-0.39, 0.29) is 35.6 Å². The predicted molar refractivity (Wildman–Crippen MR) is 138 cm³/mol. The number of carbonyl (C=O) groups is 1. The van der Waals surface area contributed by atoms with Crippen LogP contribution < -0.4 is 20.7 Å². The number of carbonyl (C=O) groups excluding carboxylic acids is 1. The number of amides is 1. The van der Waals surface area contributed by atoms with Gasteiger partial charge in [-0.05, 0) is 54.8 Å². The predicted octanol–water partition coefficient (Wildman–Crippen LogP) is 4.37. The van der Waals surface area contributed by atoms with E-state index in [1.165, 1.54) is 11.8 Å². The van der Waals surface area contributed by atoms with Crippen LogP contribution in [0.15, 0.2) is 70.3 Å². The Hall–Kier alpha value is -3.01. The number of anilines is 1. The molecule has 0 aliphatic heterocycles. The number of ether oxygens (including phenoxy) is 1. The minimum absolute atomic E-state index is 0. The molecule has 1 amide bonds. The second kappa shape index (κ2) is 12.7. The van der Waals surface area contributed by atoms with E-state index in [2.05, 4.69) is 33.9 Å². The van der Waals surface area contributed by atoms with Crippen molar-refractivity contribution in [3.63, 3.8) is 0 Å². The highest BCUT2D eigenvalue weighted by Gasteiger charge is 2.09. The van der Waals surface area contributed by atoms with Gasteiger partial charge in [0.1, 0.15) is 5.75 Å². The summed E-state index contributed by atoms with van der Waals surface area (Å²) in [6.07, 6.45) is 2.29. The molecule has 3 aromatic rings. The lowest BCUT2D eigenvalue weighted by Gasteiger charge is -2.14. The third-order valence-electron chi connectivity index (χ3n) is 4.74. The number of hydrogen-bond donors (Lipinski definition) is 3. The van der Waals surface area contributed by atoms with Crippen LogP contribution in [0.4, 0.5) is 5.69 Å². The van der Waals surface area contributed by atoms with E-state index in [0.29, 0.717) is 18.2 Å². The molecule has 0 aliphatic carbocycles. The molecule has 0 radical (unpaired) electrons. The molecule has 0 bridgehead atoms. The first-order valence-electron chi connectivity index (χ1n) is 10.1. The summed E-state index contributed by atoms with van der Waals surface area (Å²) in [6, 6.07) is 17.1. The first kappa shape index (κ1) is 25.3. The van der Waals surface area contributed by atoms with Gasteiger partial charge in [-0.25, -0.2) is 0 Å². The van der Waals surface area contributed by atoms with Crippen molar-refractivity contribution < 1.29 is 13.9 Å². The van der Waals surface area contributed by atoms with Gasteiger partial charge in [-0.2, -0.15) is 0 Å². The van der Waals surface area contributed by atoms with Gasteiger partial charge in [0, 0.05) is 25.8 Å². The molecule has 1 heterocycles. The van der Waals surface area contributed by atoms with Crippen molar-refractivity contribution in [2.75, 3.05) is 26.0 Å². The number of hydrogen-bond acceptors (Lipinski definition) is 4. The highest BCUT2D eigenvalue weighted by atomic mass is 127. The number of nitrogens with zero attached hydrogens (tertiary/aromatic N) is 1. The van der Waals surface area contributed by atoms with Crippen LogP contribution in [0.1, 0.15) is 27.2 Å². The standard InChI is InChI=1S/C24H28N4O3.HI/c1-17-9-10-21(30-3)19(14-17)11-12-26-24(25-2)27-16-18-6-4-7-20(15-18)28-23(29)22-8-5-13-31-22;/h4-10,13-15H,11-12,16H2,1-3H3,(H,28,29)(H2,25,26,27);1H. The van der Waals surface area contributed by atoms with Crippen LogP contribution in [0.3, 0.4) is 0 Å². The van der Waals surface area contributed by atoms with Gasteiger partial charge in [0.25, 0.3) is 5.91 Å². The van der Waals surface area contributed by atoms with E-state index < -0.39 is 0 Å². The molecule has 0 aliphatic rings. The van der Waals surface area contributed by atoms with E-state index in [1.807, 2.05) is 36.4 Å². The van der Waals surface area contributed by atoms with Crippen LogP contribution in [0.2, 0.25) is 0 Å². The summed E-state index contributed by atoms with van der Waals surface area (Å²) in [7, 11) is 3.43. The maximum absolute atomic E-state index is 12.1. The van der Waals surface area contributed by atoms with Crippen molar-refractivity contribution in [3.05, 3.63) is 83.3 Å². The normalized spacial score (nSPS) is 10.8. The number of aryl methyl sites for hydroxylation is 1. The largest absolute Gasteiger partial charge is 0.496 e. The van der Waals surface area contributed by atoms with Gasteiger partial charge < -0.3 is 25.1 Å². The lowest BCUT2D eigenvalue weighted by molar-refractivity contribution is 0.0996. The molecule has 170 valence electrons. The Balaban J connectivity index is 0.00000363. The lowest BCUT2D eigenvalue weighted by atomic mass is 10.1. The van der Waals surface area contributed by atoms with E-state index >= 15 is 0 Å². The fourth-order valence-corrected chi connectivity index (χ4v) is 3.18. The van der Waals surface area contributed by atoms with Gasteiger partial charge in [0.15, 0.2) is 11.7 Å². The van der Waals surface area contributed by atoms with Gasteiger partial charge >= 0.3 is 0 Å². The van der Waals surface area contributed by atoms with E-state index in [0.717, 1.165) is 29.8 Å². The maximum Gasteiger partial charge on any atom is 0.291 e. The molecule has 3 N–H and O–H groups in total. The van der Waals surface area contributed by atoms with Gasteiger partial charge in [-0.3, -0.25) is 9.79 Å². The first-order chi connectivity index (χ1) is 15.1. The van der Waals surface area contributed by atoms with E-state index in [1.54, 1.807) is 26.3 Å². The van der Waals surface area contributed by atoms with Gasteiger partial charge in [0.05, 0.1) is 13.4 Å². The fourth-order valence-electron chi connectivity index (χ4n) is 3.18. The van der Waals surface area contributed by atoms with Crippen molar-refractivity contribution in [2.24, 2.45) is 4.99 Å². The van der Waals surface area contributed by atoms with Crippen molar-refractivity contribution in [2.45, 2.75) is 19.9 Å². The molecule has 2 aromatic carbocycles. The van der Waals surface area contributed by atoms with Crippen LogP contribution in [0.25, 0.3) is 0 Å². The van der Waals surface area contributed by atoms with Crippen LogP contribution in [0.5, 0.6) is 5.75 Å². The average molecular weight is 548 g/mol. The van der Waals surface area contributed by atoms with Crippen LogP contribution >= 0.6 is 24.0 Å². The zero-order chi connectivity index (χ0) is 22.1. The molecule has 0 spiro atoms.